The zero-order valence-electron chi connectivity index (χ0n) is 14.9. The summed E-state index contributed by atoms with van der Waals surface area (Å²) in [7, 11) is 0. The van der Waals surface area contributed by atoms with Crippen molar-refractivity contribution in [1.82, 2.24) is 14.8 Å². The Morgan fingerprint density at radius 3 is 2.75 bits per heavy atom. The van der Waals surface area contributed by atoms with E-state index >= 15 is 0 Å². The van der Waals surface area contributed by atoms with Gasteiger partial charge in [-0.3, -0.25) is 4.79 Å². The number of nitrogens with zero attached hydrogens (tertiary/aromatic N) is 3. The van der Waals surface area contributed by atoms with Crippen molar-refractivity contribution in [1.29, 1.82) is 0 Å². The lowest BCUT2D eigenvalue weighted by molar-refractivity contribution is -0.116. The molecular formula is C21H17ClN4O2. The molecule has 7 heteroatoms. The Kier molecular flexibility index (Phi) is 3.94. The first-order chi connectivity index (χ1) is 13.6. The number of aromatic nitrogens is 3. The largest absolute Gasteiger partial charge is 0.508 e. The van der Waals surface area contributed by atoms with E-state index in [-0.39, 0.29) is 11.5 Å². The Morgan fingerprint density at radius 1 is 1.14 bits per heavy atom. The molecule has 2 heterocycles. The van der Waals surface area contributed by atoms with Crippen LogP contribution in [0.5, 0.6) is 5.75 Å². The minimum Gasteiger partial charge on any atom is -0.508 e. The van der Waals surface area contributed by atoms with Crippen LogP contribution in [0.2, 0.25) is 5.02 Å². The van der Waals surface area contributed by atoms with Crippen LogP contribution in [0.4, 0.5) is 5.95 Å². The van der Waals surface area contributed by atoms with E-state index < -0.39 is 6.04 Å². The predicted molar refractivity (Wildman–Crippen MR) is 106 cm³/mol. The monoisotopic (exact) mass is 392 g/mol. The number of halogens is 1. The molecule has 140 valence electrons. The van der Waals surface area contributed by atoms with E-state index in [0.717, 1.165) is 29.7 Å². The van der Waals surface area contributed by atoms with Gasteiger partial charge in [-0.25, -0.2) is 4.68 Å². The van der Waals surface area contributed by atoms with E-state index in [4.69, 9.17) is 16.7 Å². The van der Waals surface area contributed by atoms with E-state index in [1.165, 1.54) is 0 Å². The Bertz CT molecular complexity index is 1120. The molecule has 1 atom stereocenters. The summed E-state index contributed by atoms with van der Waals surface area (Å²) in [4.78, 5) is 17.4. The van der Waals surface area contributed by atoms with E-state index in [0.29, 0.717) is 28.8 Å². The van der Waals surface area contributed by atoms with Gasteiger partial charge in [-0.05, 0) is 54.8 Å². The summed E-state index contributed by atoms with van der Waals surface area (Å²) in [6, 6.07) is 13.9. The third-order valence-electron chi connectivity index (χ3n) is 5.16. The molecule has 5 rings (SSSR count). The Hall–Kier alpha value is -3.12. The fourth-order valence-corrected chi connectivity index (χ4v) is 4.01. The van der Waals surface area contributed by atoms with Gasteiger partial charge in [-0.2, -0.15) is 4.98 Å². The SMILES string of the molecule is O=C1CCCC2=C1C(c1cccc(O)c1)n1nc(-c3ccc(Cl)cc3)nc1N2. The summed E-state index contributed by atoms with van der Waals surface area (Å²) in [5.74, 6) is 1.40. The van der Waals surface area contributed by atoms with Gasteiger partial charge < -0.3 is 10.4 Å². The molecule has 28 heavy (non-hydrogen) atoms. The molecule has 0 bridgehead atoms. The third kappa shape index (κ3) is 2.77. The lowest BCUT2D eigenvalue weighted by Gasteiger charge is -2.32. The van der Waals surface area contributed by atoms with E-state index in [1.54, 1.807) is 35.0 Å². The molecule has 3 aromatic rings. The van der Waals surface area contributed by atoms with Crippen molar-refractivity contribution in [3.63, 3.8) is 0 Å². The number of aromatic hydroxyl groups is 1. The molecule has 0 spiro atoms. The molecule has 0 amide bonds. The fraction of sp³-hybridized carbons (Fsp3) is 0.190. The number of hydrogen-bond donors (Lipinski definition) is 2. The normalized spacial score (nSPS) is 18.5. The lowest BCUT2D eigenvalue weighted by Crippen LogP contribution is -2.31. The maximum Gasteiger partial charge on any atom is 0.226 e. The highest BCUT2D eigenvalue weighted by Crippen LogP contribution is 2.41. The molecule has 1 aromatic heterocycles. The van der Waals surface area contributed by atoms with E-state index in [2.05, 4.69) is 10.3 Å². The van der Waals surface area contributed by atoms with E-state index in [1.807, 2.05) is 18.2 Å². The molecule has 0 radical (unpaired) electrons. The summed E-state index contributed by atoms with van der Waals surface area (Å²) in [6.07, 6.45) is 2.12. The molecule has 2 N–H and O–H groups in total. The summed E-state index contributed by atoms with van der Waals surface area (Å²) in [5.41, 5.74) is 3.24. The summed E-state index contributed by atoms with van der Waals surface area (Å²) in [5, 5.41) is 18.6. The highest BCUT2D eigenvalue weighted by Gasteiger charge is 2.37. The predicted octanol–water partition coefficient (Wildman–Crippen LogP) is 4.33. The Labute approximate surface area is 166 Å². The second-order valence-electron chi connectivity index (χ2n) is 7.00. The molecule has 6 nitrogen and oxygen atoms in total. The number of hydrogen-bond acceptors (Lipinski definition) is 5. The van der Waals surface area contributed by atoms with Crippen LogP contribution in [0.3, 0.4) is 0 Å². The number of benzene rings is 2. The average molecular weight is 393 g/mol. The minimum atomic E-state index is -0.417. The molecule has 2 aliphatic rings. The summed E-state index contributed by atoms with van der Waals surface area (Å²) >= 11 is 5.99. The van der Waals surface area contributed by atoms with Crippen molar-refractivity contribution >= 4 is 23.3 Å². The van der Waals surface area contributed by atoms with Gasteiger partial charge in [0, 0.05) is 28.3 Å². The van der Waals surface area contributed by atoms with Crippen LogP contribution in [0, 0.1) is 0 Å². The van der Waals surface area contributed by atoms with Crippen LogP contribution in [-0.2, 0) is 4.79 Å². The molecule has 1 unspecified atom stereocenters. The van der Waals surface area contributed by atoms with Crippen LogP contribution < -0.4 is 5.32 Å². The third-order valence-corrected chi connectivity index (χ3v) is 5.41. The number of phenolic OH excluding ortho intramolecular Hbond substituents is 1. The number of carbonyl (C=O) groups excluding carboxylic acids is 1. The molecule has 0 saturated carbocycles. The van der Waals surface area contributed by atoms with Gasteiger partial charge in [0.15, 0.2) is 11.6 Å². The van der Waals surface area contributed by atoms with E-state index in [9.17, 15) is 9.90 Å². The van der Waals surface area contributed by atoms with Crippen molar-refractivity contribution in [2.24, 2.45) is 0 Å². The van der Waals surface area contributed by atoms with Crippen LogP contribution in [0.1, 0.15) is 30.9 Å². The maximum absolute atomic E-state index is 12.8. The first-order valence-electron chi connectivity index (χ1n) is 9.15. The van der Waals surface area contributed by atoms with Gasteiger partial charge >= 0.3 is 0 Å². The van der Waals surface area contributed by atoms with Crippen LogP contribution in [0.15, 0.2) is 59.8 Å². The second-order valence-corrected chi connectivity index (χ2v) is 7.44. The van der Waals surface area contributed by atoms with Gasteiger partial charge in [-0.15, -0.1) is 5.10 Å². The van der Waals surface area contributed by atoms with Gasteiger partial charge in [0.2, 0.25) is 5.95 Å². The van der Waals surface area contributed by atoms with Crippen molar-refractivity contribution in [2.75, 3.05) is 5.32 Å². The van der Waals surface area contributed by atoms with Crippen LogP contribution in [-0.4, -0.2) is 25.7 Å². The Morgan fingerprint density at radius 2 is 1.96 bits per heavy atom. The number of nitrogens with one attached hydrogen (secondary N) is 1. The second kappa shape index (κ2) is 6.49. The van der Waals surface area contributed by atoms with Crippen LogP contribution in [0.25, 0.3) is 11.4 Å². The van der Waals surface area contributed by atoms with Crippen molar-refractivity contribution in [2.45, 2.75) is 25.3 Å². The smallest absolute Gasteiger partial charge is 0.226 e. The van der Waals surface area contributed by atoms with Gasteiger partial charge in [0.25, 0.3) is 0 Å². The number of allylic oxidation sites excluding steroid dienone is 2. The maximum atomic E-state index is 12.8. The fourth-order valence-electron chi connectivity index (χ4n) is 3.88. The standard InChI is InChI=1S/C21H17ClN4O2/c22-14-9-7-12(8-10-14)20-24-21-23-16-5-2-6-17(28)18(16)19(26(21)25-20)13-3-1-4-15(27)11-13/h1,3-4,7-11,19,27H,2,5-6H2,(H,23,24,25). The molecule has 2 aromatic carbocycles. The number of carbonyl (C=O) groups is 1. The van der Waals surface area contributed by atoms with Gasteiger partial charge in [0.1, 0.15) is 11.8 Å². The number of anilines is 1. The number of rotatable bonds is 2. The molecule has 1 aliphatic heterocycles. The molecule has 0 saturated heterocycles. The van der Waals surface area contributed by atoms with Crippen LogP contribution >= 0.6 is 11.6 Å². The summed E-state index contributed by atoms with van der Waals surface area (Å²) in [6.45, 7) is 0. The lowest BCUT2D eigenvalue weighted by atomic mass is 9.85. The molecular weight excluding hydrogens is 376 g/mol. The Balaban J connectivity index is 1.68. The van der Waals surface area contributed by atoms with Gasteiger partial charge in [0.05, 0.1) is 0 Å². The van der Waals surface area contributed by atoms with Crippen molar-refractivity contribution in [3.05, 3.63) is 70.4 Å². The molecule has 0 fully saturated rings. The number of ketones is 1. The number of fused-ring (bicyclic) bond motifs is 1. The number of phenols is 1. The minimum absolute atomic E-state index is 0.108. The van der Waals surface area contributed by atoms with Gasteiger partial charge in [-0.1, -0.05) is 23.7 Å². The average Bonchev–Trinajstić information content (AvgIpc) is 3.10. The highest BCUT2D eigenvalue weighted by atomic mass is 35.5. The first kappa shape index (κ1) is 17.0. The van der Waals surface area contributed by atoms with Crippen molar-refractivity contribution < 1.29 is 9.90 Å². The zero-order valence-corrected chi connectivity index (χ0v) is 15.6. The highest BCUT2D eigenvalue weighted by molar-refractivity contribution is 6.30. The topological polar surface area (TPSA) is 80.0 Å². The summed E-state index contributed by atoms with van der Waals surface area (Å²) < 4.78 is 1.74. The van der Waals surface area contributed by atoms with Crippen molar-refractivity contribution in [3.8, 4) is 17.1 Å². The quantitative estimate of drug-likeness (QED) is 0.678. The first-order valence-corrected chi connectivity index (χ1v) is 9.52. The molecule has 1 aliphatic carbocycles. The number of Topliss-reactive ketones (excluding diaryl/α,β-unsaturated/α-hetero) is 1. The zero-order chi connectivity index (χ0) is 19.3.